The van der Waals surface area contributed by atoms with E-state index < -0.39 is 18.0 Å². The van der Waals surface area contributed by atoms with Crippen LogP contribution in [0, 0.1) is 0 Å². The number of carbonyl (C=O) groups excluding carboxylic acids is 1. The number of anilines is 1. The molecular weight excluding hydrogens is 254 g/mol. The Morgan fingerprint density at radius 1 is 1.00 bits per heavy atom. The number of hydrazine groups is 1. The fourth-order valence-electron chi connectivity index (χ4n) is 1.31. The van der Waals surface area contributed by atoms with Gasteiger partial charge in [0.2, 0.25) is 0 Å². The lowest BCUT2D eigenvalue weighted by Gasteiger charge is -2.13. The highest BCUT2D eigenvalue weighted by Gasteiger charge is 2.12. The minimum Gasteiger partial charge on any atom is -0.478 e. The van der Waals surface area contributed by atoms with Crippen LogP contribution in [0.4, 0.5) is 10.5 Å². The zero-order valence-corrected chi connectivity index (χ0v) is 10.3. The van der Waals surface area contributed by atoms with Gasteiger partial charge in [0.15, 0.2) is 0 Å². The van der Waals surface area contributed by atoms with Crippen LogP contribution in [0.25, 0.3) is 0 Å². The average Bonchev–Trinajstić information content (AvgIpc) is 2.26. The van der Waals surface area contributed by atoms with Gasteiger partial charge < -0.3 is 15.5 Å². The van der Waals surface area contributed by atoms with Crippen LogP contribution < -0.4 is 10.7 Å². The summed E-state index contributed by atoms with van der Waals surface area (Å²) in [5.74, 6) is -2.56. The Kier molecular flexibility index (Phi) is 4.43. The molecule has 0 heterocycles. The van der Waals surface area contributed by atoms with Crippen molar-refractivity contribution in [1.82, 2.24) is 10.4 Å². The maximum atomic E-state index is 11.4. The van der Waals surface area contributed by atoms with Crippen molar-refractivity contribution >= 4 is 23.7 Å². The Balaban J connectivity index is 3.03. The van der Waals surface area contributed by atoms with E-state index in [4.69, 9.17) is 10.2 Å². The van der Waals surface area contributed by atoms with Crippen LogP contribution in [0.15, 0.2) is 18.2 Å². The summed E-state index contributed by atoms with van der Waals surface area (Å²) in [6, 6.07) is 2.75. The highest BCUT2D eigenvalue weighted by atomic mass is 16.4. The standard InChI is InChI=1S/C11H13N3O5/c1-14(2)13-11(19)12-8-4-6(9(15)16)3-7(5-8)10(17)18/h3-5H,1-2H3,(H,15,16)(H,17,18)(H2,12,13,19). The second-order valence-electron chi connectivity index (χ2n) is 3.87. The van der Waals surface area contributed by atoms with Crippen LogP contribution in [0.1, 0.15) is 20.7 Å². The minimum atomic E-state index is -1.28. The molecule has 19 heavy (non-hydrogen) atoms. The summed E-state index contributed by atoms with van der Waals surface area (Å²) in [5, 5.41) is 21.5. The predicted octanol–water partition coefficient (Wildman–Crippen LogP) is 0.681. The average molecular weight is 267 g/mol. The Labute approximate surface area is 108 Å². The van der Waals surface area contributed by atoms with Crippen LogP contribution in [0.3, 0.4) is 0 Å². The van der Waals surface area contributed by atoms with E-state index >= 15 is 0 Å². The molecule has 0 saturated carbocycles. The summed E-state index contributed by atoms with van der Waals surface area (Å²) >= 11 is 0. The summed E-state index contributed by atoms with van der Waals surface area (Å²) in [6.45, 7) is 0. The number of hydrogen-bond acceptors (Lipinski definition) is 4. The van der Waals surface area contributed by atoms with Crippen molar-refractivity contribution in [3.05, 3.63) is 29.3 Å². The third kappa shape index (κ3) is 4.28. The number of carboxylic acids is 2. The van der Waals surface area contributed by atoms with Crippen LogP contribution in [0.5, 0.6) is 0 Å². The van der Waals surface area contributed by atoms with Crippen molar-refractivity contribution in [3.8, 4) is 0 Å². The first-order valence-corrected chi connectivity index (χ1v) is 5.16. The summed E-state index contributed by atoms with van der Waals surface area (Å²) in [6.07, 6.45) is 0. The zero-order chi connectivity index (χ0) is 14.6. The first-order chi connectivity index (χ1) is 8.79. The molecule has 0 spiro atoms. The van der Waals surface area contributed by atoms with Crippen molar-refractivity contribution in [2.45, 2.75) is 0 Å². The second kappa shape index (κ2) is 5.83. The number of nitrogens with one attached hydrogen (secondary N) is 2. The number of hydrogen-bond donors (Lipinski definition) is 4. The van der Waals surface area contributed by atoms with Gasteiger partial charge in [0.25, 0.3) is 0 Å². The van der Waals surface area contributed by atoms with Crippen LogP contribution >= 0.6 is 0 Å². The number of benzene rings is 1. The molecular formula is C11H13N3O5. The first kappa shape index (κ1) is 14.5. The van der Waals surface area contributed by atoms with Gasteiger partial charge in [-0.05, 0) is 18.2 Å². The van der Waals surface area contributed by atoms with Crippen molar-refractivity contribution in [3.63, 3.8) is 0 Å². The molecule has 0 aromatic heterocycles. The predicted molar refractivity (Wildman–Crippen MR) is 66.2 cm³/mol. The second-order valence-corrected chi connectivity index (χ2v) is 3.87. The highest BCUT2D eigenvalue weighted by Crippen LogP contribution is 2.15. The molecule has 102 valence electrons. The summed E-state index contributed by atoms with van der Waals surface area (Å²) < 4.78 is 0. The molecule has 0 bridgehead atoms. The van der Waals surface area contributed by atoms with E-state index in [2.05, 4.69) is 10.7 Å². The molecule has 0 aliphatic heterocycles. The maximum absolute atomic E-state index is 11.4. The lowest BCUT2D eigenvalue weighted by Crippen LogP contribution is -2.39. The third-order valence-electron chi connectivity index (χ3n) is 2.01. The molecule has 8 nitrogen and oxygen atoms in total. The Bertz CT molecular complexity index is 495. The summed E-state index contributed by atoms with van der Waals surface area (Å²) in [5.41, 5.74) is 2.01. The number of aromatic carboxylic acids is 2. The quantitative estimate of drug-likeness (QED) is 0.596. The monoisotopic (exact) mass is 267 g/mol. The number of rotatable bonds is 4. The van der Waals surface area contributed by atoms with Crippen molar-refractivity contribution < 1.29 is 24.6 Å². The number of urea groups is 1. The molecule has 0 aliphatic rings. The van der Waals surface area contributed by atoms with Crippen LogP contribution in [-0.4, -0.2) is 47.3 Å². The van der Waals surface area contributed by atoms with E-state index in [9.17, 15) is 14.4 Å². The number of carbonyl (C=O) groups is 3. The maximum Gasteiger partial charge on any atom is 0.335 e. The van der Waals surface area contributed by atoms with E-state index in [0.29, 0.717) is 0 Å². The topological polar surface area (TPSA) is 119 Å². The van der Waals surface area contributed by atoms with E-state index in [1.54, 1.807) is 14.1 Å². The molecule has 0 fully saturated rings. The van der Waals surface area contributed by atoms with Crippen molar-refractivity contribution in [1.29, 1.82) is 0 Å². The Morgan fingerprint density at radius 2 is 1.47 bits per heavy atom. The smallest absolute Gasteiger partial charge is 0.335 e. The number of amides is 2. The van der Waals surface area contributed by atoms with Gasteiger partial charge in [-0.15, -0.1) is 0 Å². The van der Waals surface area contributed by atoms with Gasteiger partial charge >= 0.3 is 18.0 Å². The third-order valence-corrected chi connectivity index (χ3v) is 2.01. The molecule has 1 rings (SSSR count). The van der Waals surface area contributed by atoms with Crippen LogP contribution in [-0.2, 0) is 0 Å². The fraction of sp³-hybridized carbons (Fsp3) is 0.182. The first-order valence-electron chi connectivity index (χ1n) is 5.16. The minimum absolute atomic E-state index is 0.0802. The van der Waals surface area contributed by atoms with Gasteiger partial charge in [-0.2, -0.15) is 0 Å². The molecule has 0 radical (unpaired) electrons. The number of nitrogens with zero attached hydrogens (tertiary/aromatic N) is 1. The fourth-order valence-corrected chi connectivity index (χ4v) is 1.31. The number of carboxylic acid groups (broad SMARTS) is 2. The Morgan fingerprint density at radius 3 is 1.84 bits per heavy atom. The molecule has 1 aromatic carbocycles. The molecule has 4 N–H and O–H groups in total. The molecule has 1 aromatic rings. The van der Waals surface area contributed by atoms with E-state index in [1.165, 1.54) is 17.1 Å². The molecule has 2 amide bonds. The summed E-state index contributed by atoms with van der Waals surface area (Å²) in [7, 11) is 3.19. The van der Waals surface area contributed by atoms with Gasteiger partial charge in [-0.25, -0.2) is 19.4 Å². The Hall–Kier alpha value is -2.61. The lowest BCUT2D eigenvalue weighted by atomic mass is 10.1. The summed E-state index contributed by atoms with van der Waals surface area (Å²) in [4.78, 5) is 33.2. The molecule has 8 heteroatoms. The van der Waals surface area contributed by atoms with Gasteiger partial charge in [0, 0.05) is 19.8 Å². The molecule has 0 atom stereocenters. The van der Waals surface area contributed by atoms with E-state index in [1.807, 2.05) is 0 Å². The molecule has 0 unspecified atom stereocenters. The molecule has 0 aliphatic carbocycles. The lowest BCUT2D eigenvalue weighted by molar-refractivity contribution is 0.0696. The highest BCUT2D eigenvalue weighted by molar-refractivity contribution is 5.98. The van der Waals surface area contributed by atoms with Gasteiger partial charge in [0.05, 0.1) is 11.1 Å². The van der Waals surface area contributed by atoms with Gasteiger partial charge in [-0.3, -0.25) is 5.43 Å². The van der Waals surface area contributed by atoms with Crippen molar-refractivity contribution in [2.75, 3.05) is 19.4 Å². The van der Waals surface area contributed by atoms with E-state index in [-0.39, 0.29) is 16.8 Å². The van der Waals surface area contributed by atoms with Gasteiger partial charge in [0.1, 0.15) is 0 Å². The van der Waals surface area contributed by atoms with E-state index in [0.717, 1.165) is 6.07 Å². The van der Waals surface area contributed by atoms with Gasteiger partial charge in [-0.1, -0.05) is 0 Å². The van der Waals surface area contributed by atoms with Crippen molar-refractivity contribution in [2.24, 2.45) is 0 Å². The van der Waals surface area contributed by atoms with Crippen LogP contribution in [0.2, 0.25) is 0 Å². The SMILES string of the molecule is CN(C)NC(=O)Nc1cc(C(=O)O)cc(C(=O)O)c1. The zero-order valence-electron chi connectivity index (χ0n) is 10.3. The largest absolute Gasteiger partial charge is 0.478 e. The molecule has 0 saturated heterocycles. The normalized spacial score (nSPS) is 10.1.